The number of benzene rings is 1. The zero-order valence-corrected chi connectivity index (χ0v) is 11.0. The standard InChI is InChI=1S/C13H19NO2S/c1-14-8-6-11-2-4-12(5-3-11)13-7-9-17(15,16)10-13/h2-5,13-14H,6-10H2,1H3. The summed E-state index contributed by atoms with van der Waals surface area (Å²) in [5, 5.41) is 3.12. The van der Waals surface area contributed by atoms with Gasteiger partial charge in [0.25, 0.3) is 0 Å². The highest BCUT2D eigenvalue weighted by molar-refractivity contribution is 7.91. The van der Waals surface area contributed by atoms with Gasteiger partial charge in [0.15, 0.2) is 9.84 Å². The first-order chi connectivity index (χ1) is 8.11. The molecule has 3 nitrogen and oxygen atoms in total. The van der Waals surface area contributed by atoms with E-state index in [1.165, 1.54) is 11.1 Å². The number of sulfone groups is 1. The van der Waals surface area contributed by atoms with Gasteiger partial charge in [-0.2, -0.15) is 0 Å². The van der Waals surface area contributed by atoms with Crippen molar-refractivity contribution in [2.24, 2.45) is 0 Å². The van der Waals surface area contributed by atoms with Crippen LogP contribution in [0.4, 0.5) is 0 Å². The lowest BCUT2D eigenvalue weighted by Gasteiger charge is -2.09. The van der Waals surface area contributed by atoms with Crippen molar-refractivity contribution < 1.29 is 8.42 Å². The maximum Gasteiger partial charge on any atom is 0.150 e. The largest absolute Gasteiger partial charge is 0.319 e. The smallest absolute Gasteiger partial charge is 0.150 e. The number of rotatable bonds is 4. The van der Waals surface area contributed by atoms with Gasteiger partial charge in [0.05, 0.1) is 11.5 Å². The highest BCUT2D eigenvalue weighted by atomic mass is 32.2. The summed E-state index contributed by atoms with van der Waals surface area (Å²) in [5.74, 6) is 0.875. The minimum absolute atomic E-state index is 0.207. The van der Waals surface area contributed by atoms with Crippen LogP contribution in [0.3, 0.4) is 0 Å². The van der Waals surface area contributed by atoms with Crippen LogP contribution in [0.1, 0.15) is 23.5 Å². The summed E-state index contributed by atoms with van der Waals surface area (Å²) in [6, 6.07) is 8.38. The lowest BCUT2D eigenvalue weighted by atomic mass is 9.97. The fraction of sp³-hybridized carbons (Fsp3) is 0.538. The molecule has 0 aliphatic carbocycles. The first-order valence-corrected chi connectivity index (χ1v) is 7.87. The van der Waals surface area contributed by atoms with Gasteiger partial charge >= 0.3 is 0 Å². The van der Waals surface area contributed by atoms with Gasteiger partial charge in [-0.1, -0.05) is 24.3 Å². The van der Waals surface area contributed by atoms with Crippen molar-refractivity contribution in [3.8, 4) is 0 Å². The van der Waals surface area contributed by atoms with E-state index in [4.69, 9.17) is 0 Å². The van der Waals surface area contributed by atoms with Gasteiger partial charge in [-0.05, 0) is 43.5 Å². The summed E-state index contributed by atoms with van der Waals surface area (Å²) in [6.07, 6.45) is 1.79. The van der Waals surface area contributed by atoms with E-state index in [9.17, 15) is 8.42 Å². The molecule has 1 fully saturated rings. The second-order valence-corrected chi connectivity index (χ2v) is 6.92. The lowest BCUT2D eigenvalue weighted by molar-refractivity contribution is 0.601. The van der Waals surface area contributed by atoms with Gasteiger partial charge < -0.3 is 5.32 Å². The molecule has 4 heteroatoms. The van der Waals surface area contributed by atoms with E-state index in [-0.39, 0.29) is 5.92 Å². The molecule has 0 radical (unpaired) electrons. The van der Waals surface area contributed by atoms with Crippen molar-refractivity contribution in [2.75, 3.05) is 25.1 Å². The Balaban J connectivity index is 2.03. The van der Waals surface area contributed by atoms with Crippen molar-refractivity contribution in [3.63, 3.8) is 0 Å². The summed E-state index contributed by atoms with van der Waals surface area (Å²) >= 11 is 0. The minimum Gasteiger partial charge on any atom is -0.319 e. The van der Waals surface area contributed by atoms with Gasteiger partial charge in [0, 0.05) is 0 Å². The third-order valence-corrected chi connectivity index (χ3v) is 5.12. The van der Waals surface area contributed by atoms with Crippen LogP contribution >= 0.6 is 0 Å². The second kappa shape index (κ2) is 5.19. The first-order valence-electron chi connectivity index (χ1n) is 6.04. The van der Waals surface area contributed by atoms with Crippen LogP contribution in [-0.4, -0.2) is 33.5 Å². The van der Waals surface area contributed by atoms with E-state index >= 15 is 0 Å². The summed E-state index contributed by atoms with van der Waals surface area (Å²) < 4.78 is 22.8. The average Bonchev–Trinajstić information content (AvgIpc) is 2.68. The van der Waals surface area contributed by atoms with Gasteiger partial charge in [-0.15, -0.1) is 0 Å². The monoisotopic (exact) mass is 253 g/mol. The highest BCUT2D eigenvalue weighted by Gasteiger charge is 2.28. The predicted octanol–water partition coefficient (Wildman–Crippen LogP) is 1.35. The van der Waals surface area contributed by atoms with Gasteiger partial charge in [0.1, 0.15) is 0 Å². The Labute approximate surface area is 103 Å². The van der Waals surface area contributed by atoms with Crippen molar-refractivity contribution in [1.29, 1.82) is 0 Å². The summed E-state index contributed by atoms with van der Waals surface area (Å²) in [6.45, 7) is 0.969. The van der Waals surface area contributed by atoms with Crippen molar-refractivity contribution in [3.05, 3.63) is 35.4 Å². The van der Waals surface area contributed by atoms with Gasteiger partial charge in [0.2, 0.25) is 0 Å². The molecular weight excluding hydrogens is 234 g/mol. The molecule has 0 saturated carbocycles. The molecule has 1 aromatic carbocycles. The molecule has 0 spiro atoms. The highest BCUT2D eigenvalue weighted by Crippen LogP contribution is 2.28. The van der Waals surface area contributed by atoms with Crippen LogP contribution in [0, 0.1) is 0 Å². The van der Waals surface area contributed by atoms with E-state index in [0.717, 1.165) is 19.4 Å². The van der Waals surface area contributed by atoms with Crippen LogP contribution < -0.4 is 5.32 Å². The van der Waals surface area contributed by atoms with Crippen LogP contribution in [0.5, 0.6) is 0 Å². The van der Waals surface area contributed by atoms with Crippen LogP contribution in [0.15, 0.2) is 24.3 Å². The van der Waals surface area contributed by atoms with E-state index < -0.39 is 9.84 Å². The average molecular weight is 253 g/mol. The third kappa shape index (κ3) is 3.30. The predicted molar refractivity (Wildman–Crippen MR) is 70.1 cm³/mol. The molecule has 1 N–H and O–H groups in total. The Morgan fingerprint density at radius 2 is 2.00 bits per heavy atom. The van der Waals surface area contributed by atoms with E-state index in [0.29, 0.717) is 11.5 Å². The van der Waals surface area contributed by atoms with Crippen LogP contribution in [0.25, 0.3) is 0 Å². The third-order valence-electron chi connectivity index (χ3n) is 3.35. The Morgan fingerprint density at radius 1 is 1.29 bits per heavy atom. The molecule has 1 aromatic rings. The number of hydrogen-bond acceptors (Lipinski definition) is 3. The Hall–Kier alpha value is -0.870. The van der Waals surface area contributed by atoms with Gasteiger partial charge in [-0.3, -0.25) is 0 Å². The topological polar surface area (TPSA) is 46.2 Å². The first kappa shape index (κ1) is 12.6. The van der Waals surface area contributed by atoms with E-state index in [1.54, 1.807) is 0 Å². The molecule has 1 unspecified atom stereocenters. The summed E-state index contributed by atoms with van der Waals surface area (Å²) in [7, 11) is -0.836. The zero-order valence-electron chi connectivity index (χ0n) is 10.1. The molecule has 17 heavy (non-hydrogen) atoms. The Kier molecular flexibility index (Phi) is 3.84. The normalized spacial score (nSPS) is 22.8. The number of likely N-dealkylation sites (N-methyl/N-ethyl adjacent to an activating group) is 1. The fourth-order valence-corrected chi connectivity index (χ4v) is 4.07. The van der Waals surface area contributed by atoms with Crippen molar-refractivity contribution >= 4 is 9.84 Å². The maximum atomic E-state index is 11.4. The van der Waals surface area contributed by atoms with Crippen LogP contribution in [0.2, 0.25) is 0 Å². The SMILES string of the molecule is CNCCc1ccc(C2CCS(=O)(=O)C2)cc1. The Morgan fingerprint density at radius 3 is 2.53 bits per heavy atom. The molecule has 2 rings (SSSR count). The van der Waals surface area contributed by atoms with Crippen molar-refractivity contribution in [2.45, 2.75) is 18.8 Å². The molecule has 1 heterocycles. The molecular formula is C13H19NO2S. The number of hydrogen-bond donors (Lipinski definition) is 1. The summed E-state index contributed by atoms with van der Waals surface area (Å²) in [4.78, 5) is 0. The summed E-state index contributed by atoms with van der Waals surface area (Å²) in [5.41, 5.74) is 2.46. The van der Waals surface area contributed by atoms with E-state index in [2.05, 4.69) is 29.6 Å². The molecule has 0 aromatic heterocycles. The van der Waals surface area contributed by atoms with Crippen molar-refractivity contribution in [1.82, 2.24) is 5.32 Å². The molecule has 1 saturated heterocycles. The molecule has 1 aliphatic rings. The molecule has 94 valence electrons. The molecule has 0 bridgehead atoms. The van der Waals surface area contributed by atoms with Crippen LogP contribution in [-0.2, 0) is 16.3 Å². The molecule has 1 atom stereocenters. The fourth-order valence-electron chi connectivity index (χ4n) is 2.28. The minimum atomic E-state index is -2.78. The maximum absolute atomic E-state index is 11.4. The molecule has 0 amide bonds. The van der Waals surface area contributed by atoms with Gasteiger partial charge in [-0.25, -0.2) is 8.42 Å². The lowest BCUT2D eigenvalue weighted by Crippen LogP contribution is -2.10. The molecule has 1 aliphatic heterocycles. The number of nitrogens with one attached hydrogen (secondary N) is 1. The Bertz CT molecular complexity index is 465. The zero-order chi connectivity index (χ0) is 12.3. The van der Waals surface area contributed by atoms with E-state index in [1.807, 2.05) is 7.05 Å². The quantitative estimate of drug-likeness (QED) is 0.881. The second-order valence-electron chi connectivity index (χ2n) is 4.70.